The van der Waals surface area contributed by atoms with Crippen molar-refractivity contribution in [2.75, 3.05) is 24.5 Å². The molecule has 170 valence electrons. The maximum absolute atomic E-state index is 12.8. The molecular weight excluding hydrogens is 445 g/mol. The van der Waals surface area contributed by atoms with Crippen molar-refractivity contribution in [2.24, 2.45) is 11.7 Å². The molecule has 1 aliphatic rings. The topological polar surface area (TPSA) is 75.4 Å². The van der Waals surface area contributed by atoms with Crippen LogP contribution >= 0.6 is 24.0 Å². The predicted octanol–water partition coefficient (Wildman–Crippen LogP) is 4.39. The minimum Gasteiger partial charge on any atom is -0.351 e. The van der Waals surface area contributed by atoms with E-state index in [1.165, 1.54) is 0 Å². The van der Waals surface area contributed by atoms with Crippen molar-refractivity contribution in [1.29, 1.82) is 0 Å². The number of nitrogens with zero attached hydrogens (tertiary/aromatic N) is 4. The lowest BCUT2D eigenvalue weighted by molar-refractivity contribution is -0.136. The number of nitrogens with two attached hydrogens (primary N) is 1. The molecule has 8 heteroatoms. The van der Waals surface area contributed by atoms with Crippen LogP contribution in [0.4, 0.5) is 5.82 Å². The number of amides is 1. The first-order valence-corrected chi connectivity index (χ1v) is 11.1. The molecule has 2 heterocycles. The van der Waals surface area contributed by atoms with Gasteiger partial charge in [-0.15, -0.1) is 22.6 Å². The van der Waals surface area contributed by atoms with Gasteiger partial charge in [-0.05, 0) is 25.0 Å². The highest BCUT2D eigenvalue weighted by Crippen LogP contribution is 2.32. The highest BCUT2D eigenvalue weighted by atomic mass is 35.5. The average Bonchev–Trinajstić information content (AvgIpc) is 2.78. The Bertz CT molecular complexity index is 1090. The van der Waals surface area contributed by atoms with Gasteiger partial charge < -0.3 is 15.5 Å². The Morgan fingerprint density at radius 3 is 2.34 bits per heavy atom. The van der Waals surface area contributed by atoms with E-state index in [9.17, 15) is 4.79 Å². The SMILES string of the molecule is CC(C)C(N)C(=O)N1CCN(c2nnc(-c3ccc(Cl)cc3)c3ccccc23)C[C@@H]1C.Cl. The first-order chi connectivity index (χ1) is 14.9. The van der Waals surface area contributed by atoms with Gasteiger partial charge in [-0.1, -0.05) is 61.8 Å². The van der Waals surface area contributed by atoms with Gasteiger partial charge in [-0.2, -0.15) is 0 Å². The summed E-state index contributed by atoms with van der Waals surface area (Å²) in [5.41, 5.74) is 7.93. The standard InChI is InChI=1S/C24H28ClN5O.ClH/c1-15(2)21(26)24(31)30-13-12-29(14-16(30)3)23-20-7-5-4-6-19(20)22(27-28-23)17-8-10-18(25)11-9-17;/h4-11,15-16,21H,12-14,26H2,1-3H3;1H/t16-,21?;/m0./s1. The number of carbonyl (C=O) groups is 1. The summed E-state index contributed by atoms with van der Waals surface area (Å²) in [5.74, 6) is 0.990. The van der Waals surface area contributed by atoms with Crippen molar-refractivity contribution in [3.8, 4) is 11.3 Å². The third-order valence-electron chi connectivity index (χ3n) is 6.00. The summed E-state index contributed by atoms with van der Waals surface area (Å²) in [4.78, 5) is 16.9. The second kappa shape index (κ2) is 10.0. The van der Waals surface area contributed by atoms with Crippen LogP contribution in [-0.4, -0.2) is 52.7 Å². The molecule has 2 atom stereocenters. The van der Waals surface area contributed by atoms with E-state index in [4.69, 9.17) is 17.3 Å². The van der Waals surface area contributed by atoms with E-state index in [-0.39, 0.29) is 30.3 Å². The second-order valence-corrected chi connectivity index (χ2v) is 8.96. The summed E-state index contributed by atoms with van der Waals surface area (Å²) in [6.45, 7) is 8.03. The quantitative estimate of drug-likeness (QED) is 0.607. The highest BCUT2D eigenvalue weighted by Gasteiger charge is 2.32. The van der Waals surface area contributed by atoms with Crippen molar-refractivity contribution in [2.45, 2.75) is 32.9 Å². The smallest absolute Gasteiger partial charge is 0.240 e. The van der Waals surface area contributed by atoms with Crippen LogP contribution in [0.3, 0.4) is 0 Å². The minimum absolute atomic E-state index is 0. The number of fused-ring (bicyclic) bond motifs is 1. The molecule has 0 aliphatic carbocycles. The average molecular weight is 474 g/mol. The zero-order valence-corrected chi connectivity index (χ0v) is 20.1. The van der Waals surface area contributed by atoms with Gasteiger partial charge in [0.15, 0.2) is 5.82 Å². The Balaban J connectivity index is 0.00000289. The summed E-state index contributed by atoms with van der Waals surface area (Å²) in [6, 6.07) is 15.4. The van der Waals surface area contributed by atoms with Crippen molar-refractivity contribution in [3.63, 3.8) is 0 Å². The van der Waals surface area contributed by atoms with Crippen LogP contribution in [0.2, 0.25) is 5.02 Å². The van der Waals surface area contributed by atoms with Gasteiger partial charge in [0.25, 0.3) is 0 Å². The largest absolute Gasteiger partial charge is 0.351 e. The van der Waals surface area contributed by atoms with E-state index in [2.05, 4.69) is 34.2 Å². The molecule has 4 rings (SSSR count). The van der Waals surface area contributed by atoms with Gasteiger partial charge in [-0.25, -0.2) is 0 Å². The molecular formula is C24H29Cl2N5O. The molecule has 1 aliphatic heterocycles. The maximum atomic E-state index is 12.8. The van der Waals surface area contributed by atoms with Gasteiger partial charge in [0.1, 0.15) is 5.69 Å². The van der Waals surface area contributed by atoms with Crippen LogP contribution in [-0.2, 0) is 4.79 Å². The minimum atomic E-state index is -0.465. The van der Waals surface area contributed by atoms with Crippen LogP contribution in [0, 0.1) is 5.92 Å². The number of rotatable bonds is 4. The molecule has 3 aromatic rings. The molecule has 1 saturated heterocycles. The van der Waals surface area contributed by atoms with E-state index in [1.807, 2.05) is 55.1 Å². The molecule has 6 nitrogen and oxygen atoms in total. The fourth-order valence-corrected chi connectivity index (χ4v) is 4.22. The fraction of sp³-hybridized carbons (Fsp3) is 0.375. The number of carbonyl (C=O) groups excluding carboxylic acids is 1. The van der Waals surface area contributed by atoms with E-state index >= 15 is 0 Å². The maximum Gasteiger partial charge on any atom is 0.240 e. The third kappa shape index (κ3) is 4.68. The highest BCUT2D eigenvalue weighted by molar-refractivity contribution is 6.30. The molecule has 0 spiro atoms. The van der Waals surface area contributed by atoms with Crippen LogP contribution in [0.1, 0.15) is 20.8 Å². The van der Waals surface area contributed by atoms with Crippen LogP contribution in [0.15, 0.2) is 48.5 Å². The van der Waals surface area contributed by atoms with Crippen molar-refractivity contribution in [3.05, 3.63) is 53.6 Å². The molecule has 1 unspecified atom stereocenters. The van der Waals surface area contributed by atoms with E-state index in [1.54, 1.807) is 0 Å². The number of hydrogen-bond donors (Lipinski definition) is 1. The summed E-state index contributed by atoms with van der Waals surface area (Å²) < 4.78 is 0. The number of piperazine rings is 1. The molecule has 2 N–H and O–H groups in total. The second-order valence-electron chi connectivity index (χ2n) is 8.52. The Kier molecular flexibility index (Phi) is 7.59. The van der Waals surface area contributed by atoms with Gasteiger partial charge in [0.05, 0.1) is 6.04 Å². The predicted molar refractivity (Wildman–Crippen MR) is 133 cm³/mol. The summed E-state index contributed by atoms with van der Waals surface area (Å²) in [6.07, 6.45) is 0. The monoisotopic (exact) mass is 473 g/mol. The molecule has 1 aromatic heterocycles. The summed E-state index contributed by atoms with van der Waals surface area (Å²) in [7, 11) is 0. The van der Waals surface area contributed by atoms with Gasteiger partial charge in [0.2, 0.25) is 5.91 Å². The summed E-state index contributed by atoms with van der Waals surface area (Å²) >= 11 is 6.05. The molecule has 0 bridgehead atoms. The summed E-state index contributed by atoms with van der Waals surface area (Å²) in [5, 5.41) is 12.0. The molecule has 1 fully saturated rings. The van der Waals surface area contributed by atoms with Crippen LogP contribution < -0.4 is 10.6 Å². The molecule has 1 amide bonds. The van der Waals surface area contributed by atoms with Crippen molar-refractivity contribution >= 4 is 46.5 Å². The Morgan fingerprint density at radius 1 is 1.06 bits per heavy atom. The lowest BCUT2D eigenvalue weighted by Gasteiger charge is -2.41. The first kappa shape index (κ1) is 24.2. The lowest BCUT2D eigenvalue weighted by Crippen LogP contribution is -2.58. The molecule has 2 aromatic carbocycles. The van der Waals surface area contributed by atoms with E-state index < -0.39 is 6.04 Å². The molecule has 0 saturated carbocycles. The third-order valence-corrected chi connectivity index (χ3v) is 6.25. The van der Waals surface area contributed by atoms with Gasteiger partial charge in [-0.3, -0.25) is 4.79 Å². The number of halogens is 2. The number of anilines is 1. The molecule has 0 radical (unpaired) electrons. The Hall–Kier alpha value is -2.41. The normalized spacial score (nSPS) is 17.4. The lowest BCUT2D eigenvalue weighted by atomic mass is 10.0. The van der Waals surface area contributed by atoms with E-state index in [0.29, 0.717) is 24.7 Å². The fourth-order valence-electron chi connectivity index (χ4n) is 4.10. The van der Waals surface area contributed by atoms with Gasteiger partial charge in [0, 0.05) is 47.0 Å². The van der Waals surface area contributed by atoms with Gasteiger partial charge >= 0.3 is 0 Å². The first-order valence-electron chi connectivity index (χ1n) is 10.7. The number of benzene rings is 2. The zero-order valence-electron chi connectivity index (χ0n) is 18.5. The van der Waals surface area contributed by atoms with E-state index in [0.717, 1.165) is 27.8 Å². The van der Waals surface area contributed by atoms with Crippen LogP contribution in [0.5, 0.6) is 0 Å². The van der Waals surface area contributed by atoms with Crippen molar-refractivity contribution in [1.82, 2.24) is 15.1 Å². The van der Waals surface area contributed by atoms with Crippen LogP contribution in [0.25, 0.3) is 22.0 Å². The Labute approximate surface area is 200 Å². The molecule has 32 heavy (non-hydrogen) atoms. The van der Waals surface area contributed by atoms with Crippen molar-refractivity contribution < 1.29 is 4.79 Å². The Morgan fingerprint density at radius 2 is 1.72 bits per heavy atom. The number of aromatic nitrogens is 2. The number of hydrogen-bond acceptors (Lipinski definition) is 5. The zero-order chi connectivity index (χ0) is 22.1.